The lowest BCUT2D eigenvalue weighted by atomic mass is 10.0. The van der Waals surface area contributed by atoms with Crippen LogP contribution < -0.4 is 10.2 Å². The standard InChI is InChI=1S/C21H13FN2O3/c22-17-10-3-4-11-18(17)24-20(26)16(19(25)23-21(24)27)12-14-8-5-7-13-6-1-2-9-15(13)14/h1-12H,(H,23,25,27). The van der Waals surface area contributed by atoms with Crippen LogP contribution in [0.1, 0.15) is 5.56 Å². The molecule has 0 unspecified atom stereocenters. The number of anilines is 1. The zero-order valence-corrected chi connectivity index (χ0v) is 14.0. The third-order valence-corrected chi connectivity index (χ3v) is 4.32. The van der Waals surface area contributed by atoms with Gasteiger partial charge in [0.05, 0.1) is 5.69 Å². The van der Waals surface area contributed by atoms with Crippen molar-refractivity contribution in [2.24, 2.45) is 0 Å². The number of fused-ring (bicyclic) bond motifs is 1. The lowest BCUT2D eigenvalue weighted by molar-refractivity contribution is -0.122. The second kappa shape index (κ2) is 6.49. The highest BCUT2D eigenvalue weighted by atomic mass is 19.1. The number of carbonyl (C=O) groups is 3. The monoisotopic (exact) mass is 360 g/mol. The number of halogens is 1. The first kappa shape index (κ1) is 16.7. The van der Waals surface area contributed by atoms with Crippen LogP contribution in [0.2, 0.25) is 0 Å². The van der Waals surface area contributed by atoms with Crippen molar-refractivity contribution in [2.45, 2.75) is 0 Å². The number of hydrogen-bond donors (Lipinski definition) is 1. The minimum atomic E-state index is -0.981. The van der Waals surface area contributed by atoms with Crippen LogP contribution in [0.3, 0.4) is 0 Å². The van der Waals surface area contributed by atoms with E-state index in [0.717, 1.165) is 16.8 Å². The number of para-hydroxylation sites is 1. The highest BCUT2D eigenvalue weighted by Crippen LogP contribution is 2.26. The third kappa shape index (κ3) is 2.87. The van der Waals surface area contributed by atoms with Gasteiger partial charge in [0, 0.05) is 0 Å². The number of hydrogen-bond acceptors (Lipinski definition) is 3. The molecule has 4 rings (SSSR count). The van der Waals surface area contributed by atoms with Crippen molar-refractivity contribution in [1.29, 1.82) is 0 Å². The van der Waals surface area contributed by atoms with E-state index in [1.807, 2.05) is 30.3 Å². The van der Waals surface area contributed by atoms with Crippen LogP contribution in [-0.2, 0) is 9.59 Å². The maximum Gasteiger partial charge on any atom is 0.336 e. The minimum Gasteiger partial charge on any atom is -0.273 e. The molecule has 27 heavy (non-hydrogen) atoms. The fraction of sp³-hybridized carbons (Fsp3) is 0. The normalized spacial score (nSPS) is 16.1. The second-order valence-electron chi connectivity index (χ2n) is 5.98. The Bertz CT molecular complexity index is 1130. The van der Waals surface area contributed by atoms with E-state index in [9.17, 15) is 18.8 Å². The fourth-order valence-corrected chi connectivity index (χ4v) is 3.04. The molecule has 6 heteroatoms. The molecule has 0 spiro atoms. The number of rotatable bonds is 2. The molecule has 132 valence electrons. The van der Waals surface area contributed by atoms with Gasteiger partial charge in [0.25, 0.3) is 11.8 Å². The van der Waals surface area contributed by atoms with E-state index in [2.05, 4.69) is 5.32 Å². The predicted octanol–water partition coefficient (Wildman–Crippen LogP) is 3.65. The zero-order valence-electron chi connectivity index (χ0n) is 14.0. The summed E-state index contributed by atoms with van der Waals surface area (Å²) in [7, 11) is 0. The Kier molecular flexibility index (Phi) is 4.01. The van der Waals surface area contributed by atoms with E-state index in [1.165, 1.54) is 24.3 Å². The maximum atomic E-state index is 14.1. The SMILES string of the molecule is O=C1NC(=O)N(c2ccccc2F)C(=O)C1=Cc1cccc2ccccc12. The third-order valence-electron chi connectivity index (χ3n) is 4.32. The molecule has 1 N–H and O–H groups in total. The average Bonchev–Trinajstić information content (AvgIpc) is 2.66. The van der Waals surface area contributed by atoms with Crippen LogP contribution in [0.15, 0.2) is 72.3 Å². The van der Waals surface area contributed by atoms with Gasteiger partial charge in [-0.3, -0.25) is 14.9 Å². The van der Waals surface area contributed by atoms with Gasteiger partial charge >= 0.3 is 6.03 Å². The summed E-state index contributed by atoms with van der Waals surface area (Å²) in [4.78, 5) is 37.9. The molecular weight excluding hydrogens is 347 g/mol. The molecule has 3 aromatic carbocycles. The molecule has 1 saturated heterocycles. The number of nitrogens with zero attached hydrogens (tertiary/aromatic N) is 1. The largest absolute Gasteiger partial charge is 0.336 e. The van der Waals surface area contributed by atoms with Gasteiger partial charge in [0.2, 0.25) is 0 Å². The van der Waals surface area contributed by atoms with Gasteiger partial charge in [-0.25, -0.2) is 14.1 Å². The summed E-state index contributed by atoms with van der Waals surface area (Å²) in [5, 5.41) is 3.89. The van der Waals surface area contributed by atoms with E-state index >= 15 is 0 Å². The van der Waals surface area contributed by atoms with Crippen LogP contribution in [0, 0.1) is 5.82 Å². The summed E-state index contributed by atoms with van der Waals surface area (Å²) >= 11 is 0. The number of benzene rings is 3. The number of carbonyl (C=O) groups excluding carboxylic acids is 3. The highest BCUT2D eigenvalue weighted by Gasteiger charge is 2.37. The minimum absolute atomic E-state index is 0.212. The van der Waals surface area contributed by atoms with Crippen molar-refractivity contribution < 1.29 is 18.8 Å². The average molecular weight is 360 g/mol. The van der Waals surface area contributed by atoms with Crippen LogP contribution in [0.25, 0.3) is 16.8 Å². The van der Waals surface area contributed by atoms with Crippen molar-refractivity contribution in [3.63, 3.8) is 0 Å². The smallest absolute Gasteiger partial charge is 0.273 e. The molecular formula is C21H13FN2O3. The summed E-state index contributed by atoms with van der Waals surface area (Å²) in [6.07, 6.45) is 1.42. The number of imide groups is 2. The van der Waals surface area contributed by atoms with Crippen molar-refractivity contribution in [1.82, 2.24) is 5.32 Å². The molecule has 0 aliphatic carbocycles. The molecule has 0 aromatic heterocycles. The molecule has 5 nitrogen and oxygen atoms in total. The van der Waals surface area contributed by atoms with E-state index in [0.29, 0.717) is 10.5 Å². The van der Waals surface area contributed by atoms with Crippen LogP contribution in [0.5, 0.6) is 0 Å². The summed E-state index contributed by atoms with van der Waals surface area (Å²) in [6.45, 7) is 0. The van der Waals surface area contributed by atoms with Crippen LogP contribution in [-0.4, -0.2) is 17.8 Å². The molecule has 4 amide bonds. The maximum absolute atomic E-state index is 14.1. The van der Waals surface area contributed by atoms with Gasteiger partial charge in [-0.05, 0) is 34.5 Å². The van der Waals surface area contributed by atoms with E-state index in [1.54, 1.807) is 12.1 Å². The Labute approximate surface area is 153 Å². The Hall–Kier alpha value is -3.80. The van der Waals surface area contributed by atoms with Crippen molar-refractivity contribution in [3.8, 4) is 0 Å². The molecule has 1 aliphatic rings. The summed E-state index contributed by atoms with van der Waals surface area (Å²) in [5.74, 6) is -2.42. The molecule has 1 fully saturated rings. The highest BCUT2D eigenvalue weighted by molar-refractivity contribution is 6.39. The number of nitrogens with one attached hydrogen (secondary N) is 1. The van der Waals surface area contributed by atoms with Gasteiger partial charge in [0.15, 0.2) is 0 Å². The van der Waals surface area contributed by atoms with E-state index in [4.69, 9.17) is 0 Å². The van der Waals surface area contributed by atoms with Gasteiger partial charge in [-0.1, -0.05) is 54.6 Å². The van der Waals surface area contributed by atoms with Crippen molar-refractivity contribution >= 4 is 40.4 Å². The molecule has 0 atom stereocenters. The fourth-order valence-electron chi connectivity index (χ4n) is 3.04. The lowest BCUT2D eigenvalue weighted by Gasteiger charge is -2.26. The van der Waals surface area contributed by atoms with Crippen molar-refractivity contribution in [2.75, 3.05) is 4.90 Å². The molecule has 3 aromatic rings. The number of amides is 4. The zero-order chi connectivity index (χ0) is 19.0. The van der Waals surface area contributed by atoms with Gasteiger partial charge < -0.3 is 0 Å². The molecule has 0 saturated carbocycles. The van der Waals surface area contributed by atoms with Gasteiger partial charge in [-0.15, -0.1) is 0 Å². The Balaban J connectivity index is 1.83. The molecule has 0 bridgehead atoms. The van der Waals surface area contributed by atoms with Gasteiger partial charge in [0.1, 0.15) is 11.4 Å². The molecule has 0 radical (unpaired) electrons. The molecule has 1 heterocycles. The topological polar surface area (TPSA) is 66.5 Å². The Morgan fingerprint density at radius 2 is 1.56 bits per heavy atom. The summed E-state index contributed by atoms with van der Waals surface area (Å²) < 4.78 is 14.1. The lowest BCUT2D eigenvalue weighted by Crippen LogP contribution is -2.54. The Morgan fingerprint density at radius 1 is 0.852 bits per heavy atom. The van der Waals surface area contributed by atoms with Gasteiger partial charge in [-0.2, -0.15) is 0 Å². The number of urea groups is 1. The van der Waals surface area contributed by atoms with E-state index < -0.39 is 23.7 Å². The first-order valence-corrected chi connectivity index (χ1v) is 8.20. The van der Waals surface area contributed by atoms with E-state index in [-0.39, 0.29) is 11.3 Å². The Morgan fingerprint density at radius 3 is 2.37 bits per heavy atom. The summed E-state index contributed by atoms with van der Waals surface area (Å²) in [6, 6.07) is 17.4. The number of barbiturate groups is 1. The second-order valence-corrected chi connectivity index (χ2v) is 5.98. The first-order valence-electron chi connectivity index (χ1n) is 8.20. The van der Waals surface area contributed by atoms with Crippen LogP contribution >= 0.6 is 0 Å². The summed E-state index contributed by atoms with van der Waals surface area (Å²) in [5.41, 5.74) is 0.194. The van der Waals surface area contributed by atoms with Crippen LogP contribution in [0.4, 0.5) is 14.9 Å². The van der Waals surface area contributed by atoms with Crippen molar-refractivity contribution in [3.05, 3.63) is 83.7 Å². The quantitative estimate of drug-likeness (QED) is 0.560. The predicted molar refractivity (Wildman–Crippen MR) is 99.3 cm³/mol. The first-order chi connectivity index (χ1) is 13.1. The molecule has 1 aliphatic heterocycles.